The molecule has 0 radical (unpaired) electrons. The number of carboxylic acids is 1. The summed E-state index contributed by atoms with van der Waals surface area (Å²) in [4.78, 5) is 49.7. The third-order valence-corrected chi connectivity index (χ3v) is 6.38. The lowest BCUT2D eigenvalue weighted by atomic mass is 10.0. The molecule has 0 bridgehead atoms. The molecule has 0 saturated carbocycles. The van der Waals surface area contributed by atoms with Gasteiger partial charge in [0.2, 0.25) is 17.7 Å². The van der Waals surface area contributed by atoms with Gasteiger partial charge in [-0.1, -0.05) is 13.8 Å². The molecule has 4 atom stereocenters. The Hall–Kier alpha value is -1.46. The second kappa shape index (κ2) is 14.6. The smallest absolute Gasteiger partial charge is 0.326 e. The fraction of sp³-hybridized carbons (Fsp3) is 0.800. The van der Waals surface area contributed by atoms with Crippen molar-refractivity contribution in [1.29, 1.82) is 0 Å². The summed E-state index contributed by atoms with van der Waals surface area (Å²) in [6, 6.07) is -2.98. The maximum atomic E-state index is 13.0. The Morgan fingerprint density at radius 1 is 0.968 bits per heavy atom. The molecular weight excluding hydrogens is 440 g/mol. The number of amides is 3. The third-order valence-electron chi connectivity index (χ3n) is 5.09. The van der Waals surface area contributed by atoms with Crippen LogP contribution in [-0.4, -0.2) is 83.5 Å². The van der Waals surface area contributed by atoms with Crippen LogP contribution in [0.4, 0.5) is 0 Å². The number of aliphatic carboxylic acids is 1. The molecule has 0 aromatic heterocycles. The van der Waals surface area contributed by atoms with E-state index >= 15 is 0 Å². The van der Waals surface area contributed by atoms with E-state index in [9.17, 15) is 24.3 Å². The molecule has 11 heteroatoms. The van der Waals surface area contributed by atoms with Gasteiger partial charge in [0.25, 0.3) is 0 Å². The van der Waals surface area contributed by atoms with Gasteiger partial charge in [-0.05, 0) is 62.2 Å². The Bertz CT molecular complexity index is 614. The Kier molecular flexibility index (Phi) is 13.0. The normalized spacial score (nSPS) is 18.8. The summed E-state index contributed by atoms with van der Waals surface area (Å²) in [5.74, 6) is -1.27. The predicted molar refractivity (Wildman–Crippen MR) is 125 cm³/mol. The molecule has 9 nitrogen and oxygen atoms in total. The molecule has 1 saturated heterocycles. The van der Waals surface area contributed by atoms with Crippen molar-refractivity contribution in [1.82, 2.24) is 21.3 Å². The topological polar surface area (TPSA) is 137 Å². The molecule has 4 unspecified atom stereocenters. The van der Waals surface area contributed by atoms with Crippen molar-refractivity contribution in [3.63, 3.8) is 0 Å². The van der Waals surface area contributed by atoms with Gasteiger partial charge in [0, 0.05) is 0 Å². The molecule has 1 aliphatic rings. The minimum Gasteiger partial charge on any atom is -0.480 e. The third kappa shape index (κ3) is 9.69. The van der Waals surface area contributed by atoms with E-state index in [1.165, 1.54) is 23.5 Å². The van der Waals surface area contributed by atoms with Gasteiger partial charge in [-0.25, -0.2) is 4.79 Å². The lowest BCUT2D eigenvalue weighted by Gasteiger charge is -2.27. The van der Waals surface area contributed by atoms with Gasteiger partial charge < -0.3 is 26.4 Å². The molecule has 31 heavy (non-hydrogen) atoms. The van der Waals surface area contributed by atoms with Gasteiger partial charge >= 0.3 is 5.97 Å². The maximum Gasteiger partial charge on any atom is 0.326 e. The number of thioether (sulfide) groups is 2. The van der Waals surface area contributed by atoms with Gasteiger partial charge in [-0.2, -0.15) is 23.5 Å². The number of carboxylic acid groups (broad SMARTS) is 1. The van der Waals surface area contributed by atoms with Crippen molar-refractivity contribution < 1.29 is 24.3 Å². The Morgan fingerprint density at radius 2 is 1.55 bits per heavy atom. The number of nitrogens with one attached hydrogen (secondary N) is 4. The van der Waals surface area contributed by atoms with Crippen LogP contribution in [0.5, 0.6) is 0 Å². The van der Waals surface area contributed by atoms with Gasteiger partial charge in [-0.15, -0.1) is 0 Å². The highest BCUT2D eigenvalue weighted by Gasteiger charge is 2.32. The molecule has 0 aromatic rings. The molecule has 3 amide bonds. The predicted octanol–water partition coefficient (Wildman–Crippen LogP) is 0.440. The Morgan fingerprint density at radius 3 is 2.03 bits per heavy atom. The average Bonchev–Trinajstić information content (AvgIpc) is 3.26. The zero-order valence-corrected chi connectivity index (χ0v) is 20.4. The fourth-order valence-corrected chi connectivity index (χ4v) is 4.17. The van der Waals surface area contributed by atoms with Crippen molar-refractivity contribution in [2.24, 2.45) is 5.92 Å². The van der Waals surface area contributed by atoms with Crippen LogP contribution in [0.25, 0.3) is 0 Å². The van der Waals surface area contributed by atoms with Crippen molar-refractivity contribution in [2.75, 3.05) is 30.6 Å². The number of carbonyl (C=O) groups excluding carboxylic acids is 3. The summed E-state index contributed by atoms with van der Waals surface area (Å²) in [7, 11) is 0. The van der Waals surface area contributed by atoms with Crippen LogP contribution in [-0.2, 0) is 19.2 Å². The molecule has 178 valence electrons. The van der Waals surface area contributed by atoms with Crippen molar-refractivity contribution in [2.45, 2.75) is 63.7 Å². The van der Waals surface area contributed by atoms with Gasteiger partial charge in [0.05, 0.1) is 6.04 Å². The largest absolute Gasteiger partial charge is 0.480 e. The van der Waals surface area contributed by atoms with Crippen molar-refractivity contribution >= 4 is 47.2 Å². The van der Waals surface area contributed by atoms with Crippen LogP contribution in [0, 0.1) is 5.92 Å². The minimum atomic E-state index is -1.10. The lowest BCUT2D eigenvalue weighted by molar-refractivity contribution is -0.142. The minimum absolute atomic E-state index is 0.178. The summed E-state index contributed by atoms with van der Waals surface area (Å²) < 4.78 is 0. The van der Waals surface area contributed by atoms with Crippen LogP contribution in [0.1, 0.15) is 39.5 Å². The standard InChI is InChI=1S/C20H36N4O5S2/c1-12(2)16(24-17(25)13-6-5-9-21-13)19(27)22-14(7-10-30-3)18(26)23-15(20(28)29)8-11-31-4/h12-16,21H,5-11H2,1-4H3,(H,22,27)(H,23,26)(H,24,25)(H,28,29). The number of rotatable bonds is 14. The van der Waals surface area contributed by atoms with E-state index in [-0.39, 0.29) is 17.9 Å². The van der Waals surface area contributed by atoms with Crippen LogP contribution in [0.2, 0.25) is 0 Å². The molecule has 0 aromatic carbocycles. The molecule has 1 fully saturated rings. The van der Waals surface area contributed by atoms with Gasteiger partial charge in [-0.3, -0.25) is 14.4 Å². The van der Waals surface area contributed by atoms with Crippen LogP contribution >= 0.6 is 23.5 Å². The van der Waals surface area contributed by atoms with E-state index < -0.39 is 35.9 Å². The van der Waals surface area contributed by atoms with E-state index in [1.807, 2.05) is 26.4 Å². The van der Waals surface area contributed by atoms with Gasteiger partial charge in [0.1, 0.15) is 18.1 Å². The zero-order chi connectivity index (χ0) is 23.4. The molecule has 0 aliphatic carbocycles. The number of hydrogen-bond acceptors (Lipinski definition) is 7. The lowest BCUT2D eigenvalue weighted by Crippen LogP contribution is -2.58. The van der Waals surface area contributed by atoms with E-state index in [1.54, 1.807) is 0 Å². The molecule has 1 heterocycles. The summed E-state index contributed by atoms with van der Waals surface area (Å²) in [6.45, 7) is 4.42. The number of carbonyl (C=O) groups is 4. The van der Waals surface area contributed by atoms with E-state index in [0.29, 0.717) is 24.3 Å². The highest BCUT2D eigenvalue weighted by Crippen LogP contribution is 2.10. The fourth-order valence-electron chi connectivity index (χ4n) is 3.23. The first kappa shape index (κ1) is 27.6. The summed E-state index contributed by atoms with van der Waals surface area (Å²) >= 11 is 3.02. The molecular formula is C20H36N4O5S2. The summed E-state index contributed by atoms with van der Waals surface area (Å²) in [6.07, 6.45) is 6.05. The SMILES string of the molecule is CSCCC(NC(=O)C(CCSC)NC(=O)C(NC(=O)C1CCCN1)C(C)C)C(=O)O. The highest BCUT2D eigenvalue weighted by molar-refractivity contribution is 7.98. The van der Waals surface area contributed by atoms with E-state index in [2.05, 4.69) is 21.3 Å². The van der Waals surface area contributed by atoms with Gasteiger partial charge in [0.15, 0.2) is 0 Å². The van der Waals surface area contributed by atoms with Crippen molar-refractivity contribution in [3.05, 3.63) is 0 Å². The van der Waals surface area contributed by atoms with Crippen LogP contribution in [0.3, 0.4) is 0 Å². The van der Waals surface area contributed by atoms with E-state index in [4.69, 9.17) is 0 Å². The Labute approximate surface area is 193 Å². The highest BCUT2D eigenvalue weighted by atomic mass is 32.2. The second-order valence-corrected chi connectivity index (χ2v) is 9.87. The number of hydrogen-bond donors (Lipinski definition) is 5. The van der Waals surface area contributed by atoms with Crippen LogP contribution < -0.4 is 21.3 Å². The van der Waals surface area contributed by atoms with E-state index in [0.717, 1.165) is 19.4 Å². The van der Waals surface area contributed by atoms with Crippen molar-refractivity contribution in [3.8, 4) is 0 Å². The second-order valence-electron chi connectivity index (χ2n) is 7.90. The first-order valence-corrected chi connectivity index (χ1v) is 13.3. The molecule has 0 spiro atoms. The molecule has 1 aliphatic heterocycles. The first-order valence-electron chi connectivity index (χ1n) is 10.6. The zero-order valence-electron chi connectivity index (χ0n) is 18.7. The van der Waals surface area contributed by atoms with Crippen LogP contribution in [0.15, 0.2) is 0 Å². The first-order chi connectivity index (χ1) is 14.7. The quantitative estimate of drug-likeness (QED) is 0.244. The molecule has 5 N–H and O–H groups in total. The summed E-state index contributed by atoms with van der Waals surface area (Å²) in [5.41, 5.74) is 0. The monoisotopic (exact) mass is 476 g/mol. The Balaban J connectivity index is 2.83. The molecule has 1 rings (SSSR count). The summed E-state index contributed by atoms with van der Waals surface area (Å²) in [5, 5.41) is 20.6. The maximum absolute atomic E-state index is 13.0. The average molecular weight is 477 g/mol.